The number of rotatable bonds is 2. The summed E-state index contributed by atoms with van der Waals surface area (Å²) in [4.78, 5) is 0. The summed E-state index contributed by atoms with van der Waals surface area (Å²) in [5.74, 6) is 2.48. The molecule has 1 aromatic carbocycles. The number of nitrogens with one attached hydrogen (secondary N) is 1. The molecule has 1 N–H and O–H groups in total. The smallest absolute Gasteiger partial charge is 0.161 e. The summed E-state index contributed by atoms with van der Waals surface area (Å²) in [6.07, 6.45) is 3.77. The first-order valence-electron chi connectivity index (χ1n) is 6.43. The molecule has 1 fully saturated rings. The van der Waals surface area contributed by atoms with Gasteiger partial charge in [0.1, 0.15) is 13.2 Å². The number of ether oxygens (including phenoxy) is 2. The molecular formula is C14H19NO2. The van der Waals surface area contributed by atoms with Crippen molar-refractivity contribution >= 4 is 0 Å². The van der Waals surface area contributed by atoms with Crippen LogP contribution in [0, 0.1) is 0 Å². The highest BCUT2D eigenvalue weighted by atomic mass is 16.6. The van der Waals surface area contributed by atoms with Crippen LogP contribution in [0.4, 0.5) is 0 Å². The highest BCUT2D eigenvalue weighted by Gasteiger charge is 2.25. The third-order valence-electron chi connectivity index (χ3n) is 3.88. The number of hydrogen-bond donors (Lipinski definition) is 1. The summed E-state index contributed by atoms with van der Waals surface area (Å²) < 4.78 is 11.2. The van der Waals surface area contributed by atoms with Crippen molar-refractivity contribution in [2.75, 3.05) is 20.3 Å². The topological polar surface area (TPSA) is 30.5 Å². The molecule has 1 aromatic rings. The third kappa shape index (κ3) is 2.12. The van der Waals surface area contributed by atoms with E-state index in [1.54, 1.807) is 0 Å². The molecule has 1 heterocycles. The minimum atomic E-state index is 0.664. The second-order valence-corrected chi connectivity index (χ2v) is 4.90. The van der Waals surface area contributed by atoms with Crippen LogP contribution in [0.1, 0.15) is 30.7 Å². The average molecular weight is 233 g/mol. The fourth-order valence-corrected chi connectivity index (χ4v) is 2.86. The summed E-state index contributed by atoms with van der Waals surface area (Å²) in [5.41, 5.74) is 1.40. The maximum atomic E-state index is 5.64. The average Bonchev–Trinajstić information content (AvgIpc) is 2.87. The van der Waals surface area contributed by atoms with Gasteiger partial charge in [0.05, 0.1) is 0 Å². The van der Waals surface area contributed by atoms with Gasteiger partial charge < -0.3 is 14.8 Å². The fourth-order valence-electron chi connectivity index (χ4n) is 2.86. The zero-order valence-corrected chi connectivity index (χ0v) is 10.2. The lowest BCUT2D eigenvalue weighted by Crippen LogP contribution is -2.21. The molecule has 0 aromatic heterocycles. The first-order chi connectivity index (χ1) is 8.36. The van der Waals surface area contributed by atoms with Gasteiger partial charge in [-0.1, -0.05) is 6.07 Å². The summed E-state index contributed by atoms with van der Waals surface area (Å²) in [5, 5.41) is 3.37. The van der Waals surface area contributed by atoms with E-state index in [2.05, 4.69) is 30.6 Å². The van der Waals surface area contributed by atoms with E-state index in [1.165, 1.54) is 24.8 Å². The second kappa shape index (κ2) is 4.57. The van der Waals surface area contributed by atoms with E-state index in [0.717, 1.165) is 11.5 Å². The molecular weight excluding hydrogens is 214 g/mol. The normalized spacial score (nSPS) is 27.1. The van der Waals surface area contributed by atoms with Crippen molar-refractivity contribution in [1.29, 1.82) is 0 Å². The molecule has 17 heavy (non-hydrogen) atoms. The summed E-state index contributed by atoms with van der Waals surface area (Å²) >= 11 is 0. The molecule has 1 saturated carbocycles. The van der Waals surface area contributed by atoms with Crippen LogP contribution >= 0.6 is 0 Å². The van der Waals surface area contributed by atoms with Crippen molar-refractivity contribution in [2.45, 2.75) is 31.2 Å². The monoisotopic (exact) mass is 233 g/mol. The third-order valence-corrected chi connectivity index (χ3v) is 3.88. The van der Waals surface area contributed by atoms with Gasteiger partial charge in [-0.05, 0) is 49.9 Å². The zero-order valence-electron chi connectivity index (χ0n) is 10.2. The molecule has 0 bridgehead atoms. The van der Waals surface area contributed by atoms with E-state index >= 15 is 0 Å². The lowest BCUT2D eigenvalue weighted by molar-refractivity contribution is 0.171. The minimum absolute atomic E-state index is 0.664. The number of fused-ring (bicyclic) bond motifs is 1. The summed E-state index contributed by atoms with van der Waals surface area (Å²) in [7, 11) is 2.05. The van der Waals surface area contributed by atoms with Crippen LogP contribution in [0.3, 0.4) is 0 Å². The minimum Gasteiger partial charge on any atom is -0.486 e. The van der Waals surface area contributed by atoms with Crippen LogP contribution < -0.4 is 14.8 Å². The van der Waals surface area contributed by atoms with Crippen molar-refractivity contribution in [3.63, 3.8) is 0 Å². The quantitative estimate of drug-likeness (QED) is 0.850. The maximum Gasteiger partial charge on any atom is 0.161 e. The van der Waals surface area contributed by atoms with Gasteiger partial charge in [-0.15, -0.1) is 0 Å². The Morgan fingerprint density at radius 2 is 1.94 bits per heavy atom. The first kappa shape index (κ1) is 10.9. The Balaban J connectivity index is 1.79. The molecule has 0 saturated heterocycles. The van der Waals surface area contributed by atoms with Gasteiger partial charge in [0.25, 0.3) is 0 Å². The van der Waals surface area contributed by atoms with E-state index in [1.807, 2.05) is 0 Å². The van der Waals surface area contributed by atoms with Crippen LogP contribution in [0.15, 0.2) is 18.2 Å². The largest absolute Gasteiger partial charge is 0.486 e. The zero-order chi connectivity index (χ0) is 11.7. The van der Waals surface area contributed by atoms with Crippen molar-refractivity contribution in [2.24, 2.45) is 0 Å². The Morgan fingerprint density at radius 3 is 2.71 bits per heavy atom. The van der Waals surface area contributed by atoms with Crippen LogP contribution in [0.25, 0.3) is 0 Å². The molecule has 2 atom stereocenters. The first-order valence-corrected chi connectivity index (χ1v) is 6.43. The highest BCUT2D eigenvalue weighted by molar-refractivity contribution is 5.45. The van der Waals surface area contributed by atoms with Crippen LogP contribution in [0.2, 0.25) is 0 Å². The Morgan fingerprint density at radius 1 is 1.12 bits per heavy atom. The lowest BCUT2D eigenvalue weighted by atomic mass is 9.97. The fraction of sp³-hybridized carbons (Fsp3) is 0.571. The lowest BCUT2D eigenvalue weighted by Gasteiger charge is -2.20. The van der Waals surface area contributed by atoms with Gasteiger partial charge in [-0.3, -0.25) is 0 Å². The second-order valence-electron chi connectivity index (χ2n) is 4.90. The Kier molecular flexibility index (Phi) is 2.93. The van der Waals surface area contributed by atoms with Crippen LogP contribution in [-0.4, -0.2) is 26.3 Å². The summed E-state index contributed by atoms with van der Waals surface area (Å²) in [6.45, 7) is 1.33. The molecule has 1 aliphatic carbocycles. The van der Waals surface area contributed by atoms with Crippen molar-refractivity contribution in [1.82, 2.24) is 5.32 Å². The van der Waals surface area contributed by atoms with E-state index in [4.69, 9.17) is 9.47 Å². The Bertz CT molecular complexity index is 405. The molecule has 2 unspecified atom stereocenters. The van der Waals surface area contributed by atoms with Crippen LogP contribution in [-0.2, 0) is 0 Å². The Labute approximate surface area is 102 Å². The van der Waals surface area contributed by atoms with Gasteiger partial charge in [-0.25, -0.2) is 0 Å². The molecule has 0 amide bonds. The van der Waals surface area contributed by atoms with Gasteiger partial charge in [0, 0.05) is 6.04 Å². The molecule has 3 rings (SSSR count). The molecule has 3 heteroatoms. The maximum absolute atomic E-state index is 5.64. The van der Waals surface area contributed by atoms with Crippen molar-refractivity contribution in [3.8, 4) is 11.5 Å². The van der Waals surface area contributed by atoms with Gasteiger partial charge in [0.15, 0.2) is 11.5 Å². The molecule has 1 aliphatic heterocycles. The highest BCUT2D eigenvalue weighted by Crippen LogP contribution is 2.39. The molecule has 92 valence electrons. The van der Waals surface area contributed by atoms with E-state index in [0.29, 0.717) is 25.2 Å². The van der Waals surface area contributed by atoms with E-state index in [9.17, 15) is 0 Å². The SMILES string of the molecule is CNC1CCC(c2ccc3c(c2)OCCO3)C1. The molecule has 3 nitrogen and oxygen atoms in total. The van der Waals surface area contributed by atoms with Crippen LogP contribution in [0.5, 0.6) is 11.5 Å². The van der Waals surface area contributed by atoms with E-state index in [-0.39, 0.29) is 0 Å². The predicted molar refractivity (Wildman–Crippen MR) is 66.9 cm³/mol. The molecule has 2 aliphatic rings. The van der Waals surface area contributed by atoms with Gasteiger partial charge in [0.2, 0.25) is 0 Å². The molecule has 0 spiro atoms. The predicted octanol–water partition coefficient (Wildman–Crippen LogP) is 2.31. The van der Waals surface area contributed by atoms with Crippen molar-refractivity contribution < 1.29 is 9.47 Å². The standard InChI is InChI=1S/C14H19NO2/c1-15-12-4-2-10(8-12)11-3-5-13-14(9-11)17-7-6-16-13/h3,5,9-10,12,15H,2,4,6-8H2,1H3. The van der Waals surface area contributed by atoms with E-state index < -0.39 is 0 Å². The van der Waals surface area contributed by atoms with Gasteiger partial charge >= 0.3 is 0 Å². The van der Waals surface area contributed by atoms with Crippen molar-refractivity contribution in [3.05, 3.63) is 23.8 Å². The molecule has 0 radical (unpaired) electrons. The number of benzene rings is 1. The summed E-state index contributed by atoms with van der Waals surface area (Å²) in [6, 6.07) is 7.08. The Hall–Kier alpha value is -1.22. The number of hydrogen-bond acceptors (Lipinski definition) is 3. The van der Waals surface area contributed by atoms with Gasteiger partial charge in [-0.2, -0.15) is 0 Å².